The summed E-state index contributed by atoms with van der Waals surface area (Å²) in [6, 6.07) is 21.1. The van der Waals surface area contributed by atoms with Crippen LogP contribution in [-0.2, 0) is 4.79 Å². The Balaban J connectivity index is 1.61. The third kappa shape index (κ3) is 3.59. The molecule has 0 saturated carbocycles. The highest BCUT2D eigenvalue weighted by Crippen LogP contribution is 2.26. The van der Waals surface area contributed by atoms with Crippen LogP contribution in [-0.4, -0.2) is 17.5 Å². The number of carbonyl (C=O) groups is 2. The van der Waals surface area contributed by atoms with Crippen LogP contribution in [0.3, 0.4) is 0 Å². The zero-order valence-corrected chi connectivity index (χ0v) is 14.8. The van der Waals surface area contributed by atoms with E-state index in [0.29, 0.717) is 27.7 Å². The second-order valence-electron chi connectivity index (χ2n) is 5.97. The summed E-state index contributed by atoms with van der Waals surface area (Å²) in [5.41, 5.74) is 3.37. The van der Waals surface area contributed by atoms with E-state index in [-0.39, 0.29) is 11.8 Å². The standard InChI is InChI=1S/C21H14ClN3O2/c22-14-6-4-8-16(12-14)24-20(26)13-5-3-7-15(11-13)23-19-17-9-1-2-10-18(17)25-21(19)27/h1-12H,(H,24,26)(H,23,25,27). The number of carbonyl (C=O) groups excluding carboxylic acids is 2. The van der Waals surface area contributed by atoms with E-state index in [1.54, 1.807) is 48.5 Å². The summed E-state index contributed by atoms with van der Waals surface area (Å²) in [7, 11) is 0. The number of para-hydroxylation sites is 1. The molecule has 2 N–H and O–H groups in total. The normalized spacial score (nSPS) is 14.0. The highest BCUT2D eigenvalue weighted by Gasteiger charge is 2.25. The minimum atomic E-state index is -0.282. The van der Waals surface area contributed by atoms with Gasteiger partial charge in [0.25, 0.3) is 11.8 Å². The van der Waals surface area contributed by atoms with E-state index < -0.39 is 0 Å². The van der Waals surface area contributed by atoms with Crippen LogP contribution in [0.1, 0.15) is 15.9 Å². The number of anilines is 2. The minimum absolute atomic E-state index is 0.259. The van der Waals surface area contributed by atoms with Crippen molar-refractivity contribution in [3.05, 3.63) is 88.9 Å². The summed E-state index contributed by atoms with van der Waals surface area (Å²) < 4.78 is 0. The van der Waals surface area contributed by atoms with Crippen LogP contribution in [0.5, 0.6) is 0 Å². The maximum absolute atomic E-state index is 12.5. The molecule has 3 aromatic rings. The van der Waals surface area contributed by atoms with Crippen LogP contribution in [0.15, 0.2) is 77.8 Å². The third-order valence-electron chi connectivity index (χ3n) is 4.08. The molecule has 0 aromatic heterocycles. The molecule has 5 nitrogen and oxygen atoms in total. The van der Waals surface area contributed by atoms with Crippen LogP contribution in [0, 0.1) is 0 Å². The van der Waals surface area contributed by atoms with Crippen LogP contribution >= 0.6 is 11.6 Å². The SMILES string of the molecule is O=C1Nc2ccccc2C1=Nc1cccc(C(=O)Nc2cccc(Cl)c2)c1. The first-order valence-corrected chi connectivity index (χ1v) is 8.64. The molecule has 1 aliphatic heterocycles. The van der Waals surface area contributed by atoms with Gasteiger partial charge in [-0.2, -0.15) is 0 Å². The predicted octanol–water partition coefficient (Wildman–Crippen LogP) is 4.67. The first-order valence-electron chi connectivity index (χ1n) is 8.26. The van der Waals surface area contributed by atoms with Crippen molar-refractivity contribution in [3.8, 4) is 0 Å². The van der Waals surface area contributed by atoms with E-state index in [2.05, 4.69) is 15.6 Å². The molecule has 0 bridgehead atoms. The number of halogens is 1. The van der Waals surface area contributed by atoms with Crippen molar-refractivity contribution < 1.29 is 9.59 Å². The summed E-state index contributed by atoms with van der Waals surface area (Å²) in [5, 5.41) is 6.12. The lowest BCUT2D eigenvalue weighted by molar-refractivity contribution is -0.110. The van der Waals surface area contributed by atoms with Crippen molar-refractivity contribution in [3.63, 3.8) is 0 Å². The van der Waals surface area contributed by atoms with Gasteiger partial charge in [0, 0.05) is 21.8 Å². The molecule has 0 spiro atoms. The number of nitrogens with zero attached hydrogens (tertiary/aromatic N) is 1. The number of fused-ring (bicyclic) bond motifs is 1. The van der Waals surface area contributed by atoms with E-state index in [4.69, 9.17) is 11.6 Å². The van der Waals surface area contributed by atoms with Gasteiger partial charge in [-0.1, -0.05) is 41.9 Å². The van der Waals surface area contributed by atoms with Crippen molar-refractivity contribution in [2.45, 2.75) is 0 Å². The Labute approximate surface area is 160 Å². The first-order chi connectivity index (χ1) is 13.1. The largest absolute Gasteiger partial charge is 0.322 e. The maximum Gasteiger partial charge on any atom is 0.275 e. The summed E-state index contributed by atoms with van der Waals surface area (Å²) in [6.07, 6.45) is 0. The zero-order chi connectivity index (χ0) is 18.8. The Morgan fingerprint density at radius 2 is 1.78 bits per heavy atom. The molecule has 132 valence electrons. The molecule has 0 saturated heterocycles. The van der Waals surface area contributed by atoms with Crippen molar-refractivity contribution in [1.82, 2.24) is 0 Å². The monoisotopic (exact) mass is 375 g/mol. The van der Waals surface area contributed by atoms with Gasteiger partial charge in [-0.3, -0.25) is 9.59 Å². The lowest BCUT2D eigenvalue weighted by Crippen LogP contribution is -2.14. The predicted molar refractivity (Wildman–Crippen MR) is 107 cm³/mol. The molecular weight excluding hydrogens is 362 g/mol. The Morgan fingerprint density at radius 3 is 2.63 bits per heavy atom. The molecule has 27 heavy (non-hydrogen) atoms. The van der Waals surface area contributed by atoms with Crippen molar-refractivity contribution in [1.29, 1.82) is 0 Å². The molecule has 0 atom stereocenters. The van der Waals surface area contributed by atoms with Gasteiger partial charge < -0.3 is 10.6 Å². The van der Waals surface area contributed by atoms with Gasteiger partial charge in [0.15, 0.2) is 0 Å². The van der Waals surface area contributed by atoms with Crippen LogP contribution < -0.4 is 10.6 Å². The molecule has 4 rings (SSSR count). The summed E-state index contributed by atoms with van der Waals surface area (Å²) in [4.78, 5) is 29.1. The Kier molecular flexibility index (Phi) is 4.44. The van der Waals surface area contributed by atoms with Gasteiger partial charge in [0.05, 0.1) is 11.4 Å². The number of hydrogen-bond donors (Lipinski definition) is 2. The number of benzene rings is 3. The number of amides is 2. The lowest BCUT2D eigenvalue weighted by Gasteiger charge is -2.06. The Bertz CT molecular complexity index is 1090. The summed E-state index contributed by atoms with van der Waals surface area (Å²) >= 11 is 5.94. The van der Waals surface area contributed by atoms with Crippen molar-refractivity contribution >= 4 is 46.2 Å². The van der Waals surface area contributed by atoms with Gasteiger partial charge in [0.2, 0.25) is 0 Å². The molecule has 3 aromatic carbocycles. The topological polar surface area (TPSA) is 70.6 Å². The van der Waals surface area contributed by atoms with Gasteiger partial charge in [-0.05, 0) is 42.5 Å². The second-order valence-corrected chi connectivity index (χ2v) is 6.41. The van der Waals surface area contributed by atoms with E-state index in [1.807, 2.05) is 24.3 Å². The average molecular weight is 376 g/mol. The second kappa shape index (κ2) is 7.05. The highest BCUT2D eigenvalue weighted by molar-refractivity contribution is 6.54. The molecule has 0 fully saturated rings. The van der Waals surface area contributed by atoms with Crippen LogP contribution in [0.25, 0.3) is 0 Å². The van der Waals surface area contributed by atoms with Gasteiger partial charge in [-0.15, -0.1) is 0 Å². The van der Waals surface area contributed by atoms with Gasteiger partial charge in [0.1, 0.15) is 5.71 Å². The minimum Gasteiger partial charge on any atom is -0.322 e. The highest BCUT2D eigenvalue weighted by atomic mass is 35.5. The maximum atomic E-state index is 12.5. The molecule has 0 radical (unpaired) electrons. The van der Waals surface area contributed by atoms with E-state index in [9.17, 15) is 9.59 Å². The Morgan fingerprint density at radius 1 is 0.963 bits per heavy atom. The van der Waals surface area contributed by atoms with Gasteiger partial charge in [-0.25, -0.2) is 4.99 Å². The van der Waals surface area contributed by atoms with Gasteiger partial charge >= 0.3 is 0 Å². The van der Waals surface area contributed by atoms with Crippen molar-refractivity contribution in [2.75, 3.05) is 10.6 Å². The molecular formula is C21H14ClN3O2. The smallest absolute Gasteiger partial charge is 0.275 e. The zero-order valence-electron chi connectivity index (χ0n) is 14.1. The fraction of sp³-hybridized carbons (Fsp3) is 0. The third-order valence-corrected chi connectivity index (χ3v) is 4.31. The van der Waals surface area contributed by atoms with Crippen molar-refractivity contribution in [2.24, 2.45) is 4.99 Å². The van der Waals surface area contributed by atoms with E-state index in [0.717, 1.165) is 11.3 Å². The summed E-state index contributed by atoms with van der Waals surface area (Å²) in [6.45, 7) is 0. The van der Waals surface area contributed by atoms with E-state index >= 15 is 0 Å². The molecule has 1 heterocycles. The number of nitrogens with one attached hydrogen (secondary N) is 2. The lowest BCUT2D eigenvalue weighted by atomic mass is 10.1. The number of aliphatic imine (C=N–C) groups is 1. The summed E-state index contributed by atoms with van der Waals surface area (Å²) in [5.74, 6) is -0.541. The van der Waals surface area contributed by atoms with E-state index in [1.165, 1.54) is 0 Å². The quantitative estimate of drug-likeness (QED) is 0.698. The molecule has 0 aliphatic carbocycles. The fourth-order valence-electron chi connectivity index (χ4n) is 2.83. The number of rotatable bonds is 3. The molecule has 1 aliphatic rings. The molecule has 0 unspecified atom stereocenters. The molecule has 2 amide bonds. The first kappa shape index (κ1) is 17.0. The number of hydrogen-bond acceptors (Lipinski definition) is 3. The average Bonchev–Trinajstić information content (AvgIpc) is 2.97. The van der Waals surface area contributed by atoms with Crippen LogP contribution in [0.2, 0.25) is 5.02 Å². The molecule has 6 heteroatoms. The fourth-order valence-corrected chi connectivity index (χ4v) is 3.02. The van der Waals surface area contributed by atoms with Crippen LogP contribution in [0.4, 0.5) is 17.1 Å². The Hall–Kier alpha value is -3.44.